The Morgan fingerprint density at radius 1 is 1.00 bits per heavy atom. The molecule has 1 aliphatic rings. The van der Waals surface area contributed by atoms with Gasteiger partial charge in [-0.1, -0.05) is 36.4 Å². The number of fused-ring (bicyclic) bond motifs is 1. The first-order valence-electron chi connectivity index (χ1n) is 5.68. The molecule has 0 spiro atoms. The smallest absolute Gasteiger partial charge is 0.198 e. The van der Waals surface area contributed by atoms with E-state index < -0.39 is 7.29 Å². The first-order chi connectivity index (χ1) is 8.19. The maximum Gasteiger partial charge on any atom is 0.198 e. The largest absolute Gasteiger partial charge is 0.315 e. The van der Waals surface area contributed by atoms with Crippen LogP contribution < -0.4 is 9.97 Å². The Morgan fingerprint density at radius 3 is 2.35 bits per heavy atom. The van der Waals surface area contributed by atoms with Gasteiger partial charge >= 0.3 is 0 Å². The van der Waals surface area contributed by atoms with Crippen LogP contribution in [0.15, 0.2) is 54.6 Å². The molecule has 0 saturated carbocycles. The molecule has 1 heterocycles. The number of hydrogen-bond donors (Lipinski definition) is 0. The normalized spacial score (nSPS) is 22.5. The molecular formula is C14H14NOP. The van der Waals surface area contributed by atoms with Gasteiger partial charge < -0.3 is 4.67 Å². The summed E-state index contributed by atoms with van der Waals surface area (Å²) < 4.78 is 14.9. The summed E-state index contributed by atoms with van der Waals surface area (Å²) in [5.41, 5.74) is 2.22. The fourth-order valence-corrected chi connectivity index (χ4v) is 4.68. The van der Waals surface area contributed by atoms with Crippen LogP contribution in [-0.2, 0) is 11.1 Å². The summed E-state index contributed by atoms with van der Waals surface area (Å²) in [4.78, 5) is 0. The van der Waals surface area contributed by atoms with Crippen molar-refractivity contribution in [2.24, 2.45) is 0 Å². The predicted octanol–water partition coefficient (Wildman–Crippen LogP) is 3.24. The molecule has 3 heteroatoms. The highest BCUT2D eigenvalue weighted by Gasteiger charge is 2.36. The molecule has 1 atom stereocenters. The molecule has 2 aromatic carbocycles. The highest BCUT2D eigenvalue weighted by Crippen LogP contribution is 2.53. The molecular weight excluding hydrogens is 229 g/mol. The van der Waals surface area contributed by atoms with Gasteiger partial charge in [0, 0.05) is 17.7 Å². The van der Waals surface area contributed by atoms with Crippen molar-refractivity contribution in [2.75, 3.05) is 11.3 Å². The van der Waals surface area contributed by atoms with Gasteiger partial charge in [-0.3, -0.25) is 4.57 Å². The maximum atomic E-state index is 12.9. The summed E-state index contributed by atoms with van der Waals surface area (Å²) in [6.07, 6.45) is 0. The first-order valence-corrected chi connectivity index (χ1v) is 7.79. The molecule has 0 N–H and O–H groups in total. The predicted molar refractivity (Wildman–Crippen MR) is 72.2 cm³/mol. The second kappa shape index (κ2) is 3.75. The van der Waals surface area contributed by atoms with Crippen molar-refractivity contribution in [3.05, 3.63) is 60.2 Å². The van der Waals surface area contributed by atoms with Crippen LogP contribution in [0.3, 0.4) is 0 Å². The lowest BCUT2D eigenvalue weighted by atomic mass is 10.2. The van der Waals surface area contributed by atoms with Crippen LogP contribution >= 0.6 is 7.29 Å². The topological polar surface area (TPSA) is 20.3 Å². The molecule has 17 heavy (non-hydrogen) atoms. The lowest BCUT2D eigenvalue weighted by molar-refractivity contribution is 0.583. The Balaban J connectivity index is 2.11. The molecule has 0 saturated heterocycles. The molecule has 2 nitrogen and oxygen atoms in total. The van der Waals surface area contributed by atoms with Crippen molar-refractivity contribution < 1.29 is 4.57 Å². The zero-order chi connectivity index (χ0) is 11.9. The summed E-state index contributed by atoms with van der Waals surface area (Å²) in [7, 11) is -2.43. The summed E-state index contributed by atoms with van der Waals surface area (Å²) in [6, 6.07) is 18.0. The van der Waals surface area contributed by atoms with Gasteiger partial charge in [-0.2, -0.15) is 0 Å². The van der Waals surface area contributed by atoms with Gasteiger partial charge in [-0.15, -0.1) is 0 Å². The van der Waals surface area contributed by atoms with Crippen LogP contribution in [0, 0.1) is 0 Å². The van der Waals surface area contributed by atoms with E-state index in [1.165, 1.54) is 5.56 Å². The first kappa shape index (κ1) is 10.6. The number of para-hydroxylation sites is 1. The van der Waals surface area contributed by atoms with Crippen molar-refractivity contribution in [3.63, 3.8) is 0 Å². The Kier molecular flexibility index (Phi) is 2.34. The molecule has 0 aliphatic carbocycles. The van der Waals surface area contributed by atoms with E-state index >= 15 is 0 Å². The van der Waals surface area contributed by atoms with Crippen LogP contribution in [0.5, 0.6) is 0 Å². The van der Waals surface area contributed by atoms with Crippen molar-refractivity contribution in [2.45, 2.75) is 6.54 Å². The van der Waals surface area contributed by atoms with Gasteiger partial charge in [0.2, 0.25) is 0 Å². The van der Waals surface area contributed by atoms with Gasteiger partial charge in [0.1, 0.15) is 0 Å². The zero-order valence-electron chi connectivity index (χ0n) is 9.71. The lowest BCUT2D eigenvalue weighted by Crippen LogP contribution is -2.14. The second-order valence-corrected chi connectivity index (χ2v) is 7.12. The minimum absolute atomic E-state index is 0.744. The lowest BCUT2D eigenvalue weighted by Gasteiger charge is -2.24. The average molecular weight is 243 g/mol. The second-order valence-electron chi connectivity index (χ2n) is 4.40. The molecule has 0 amide bonds. The average Bonchev–Trinajstić information content (AvgIpc) is 2.63. The minimum atomic E-state index is -2.43. The van der Waals surface area contributed by atoms with E-state index in [9.17, 15) is 4.57 Å². The van der Waals surface area contributed by atoms with E-state index in [1.54, 1.807) is 0 Å². The van der Waals surface area contributed by atoms with Crippen molar-refractivity contribution in [3.8, 4) is 0 Å². The number of anilines is 1. The van der Waals surface area contributed by atoms with Crippen LogP contribution in [0.25, 0.3) is 0 Å². The van der Waals surface area contributed by atoms with Crippen molar-refractivity contribution in [1.82, 2.24) is 0 Å². The van der Waals surface area contributed by atoms with E-state index in [0.29, 0.717) is 0 Å². The number of rotatable bonds is 1. The molecule has 0 fully saturated rings. The maximum absolute atomic E-state index is 12.9. The molecule has 0 radical (unpaired) electrons. The number of nitrogens with zero attached hydrogens (tertiary/aromatic N) is 1. The number of hydrogen-bond acceptors (Lipinski definition) is 1. The quantitative estimate of drug-likeness (QED) is 0.717. The molecule has 3 rings (SSSR count). The standard InChI is InChI=1S/C14H14NOP/c1-17(16)14-10-6-5-7-12(14)11-15(17)13-8-3-2-4-9-13/h2-10H,11H2,1H3. The van der Waals surface area contributed by atoms with E-state index in [4.69, 9.17) is 0 Å². The third-order valence-corrected chi connectivity index (χ3v) is 5.90. The molecule has 1 aliphatic heterocycles. The Morgan fingerprint density at radius 2 is 1.65 bits per heavy atom. The summed E-state index contributed by atoms with van der Waals surface area (Å²) in [5.74, 6) is 0. The third kappa shape index (κ3) is 1.60. The molecule has 2 aromatic rings. The van der Waals surface area contributed by atoms with E-state index in [-0.39, 0.29) is 0 Å². The summed E-state index contributed by atoms with van der Waals surface area (Å²) >= 11 is 0. The molecule has 0 bridgehead atoms. The third-order valence-electron chi connectivity index (χ3n) is 3.27. The Hall–Kier alpha value is -1.53. The molecule has 1 unspecified atom stereocenters. The van der Waals surface area contributed by atoms with E-state index in [0.717, 1.165) is 17.5 Å². The van der Waals surface area contributed by atoms with Gasteiger partial charge in [-0.05, 0) is 23.8 Å². The molecule has 86 valence electrons. The van der Waals surface area contributed by atoms with Crippen LogP contribution in [0.4, 0.5) is 5.69 Å². The Labute approximate surface area is 101 Å². The summed E-state index contributed by atoms with van der Waals surface area (Å²) in [5, 5.41) is 1.00. The van der Waals surface area contributed by atoms with Crippen molar-refractivity contribution in [1.29, 1.82) is 0 Å². The van der Waals surface area contributed by atoms with Gasteiger partial charge in [-0.25, -0.2) is 0 Å². The van der Waals surface area contributed by atoms with Crippen LogP contribution in [0.2, 0.25) is 0 Å². The molecule has 0 aromatic heterocycles. The monoisotopic (exact) mass is 243 g/mol. The Bertz CT molecular complexity index is 594. The van der Waals surface area contributed by atoms with Crippen LogP contribution in [-0.4, -0.2) is 6.66 Å². The van der Waals surface area contributed by atoms with Crippen molar-refractivity contribution >= 4 is 18.3 Å². The van der Waals surface area contributed by atoms with Crippen LogP contribution in [0.1, 0.15) is 5.56 Å². The van der Waals surface area contributed by atoms with Gasteiger partial charge in [0.15, 0.2) is 7.29 Å². The van der Waals surface area contributed by atoms with E-state index in [1.807, 2.05) is 59.9 Å². The fraction of sp³-hybridized carbons (Fsp3) is 0.143. The van der Waals surface area contributed by atoms with Gasteiger partial charge in [0.25, 0.3) is 0 Å². The SMILES string of the molecule is CP1(=O)c2ccccc2CN1c1ccccc1. The van der Waals surface area contributed by atoms with E-state index in [2.05, 4.69) is 6.07 Å². The highest BCUT2D eigenvalue weighted by molar-refractivity contribution is 7.72. The fourth-order valence-electron chi connectivity index (χ4n) is 2.39. The minimum Gasteiger partial charge on any atom is -0.315 e. The summed E-state index contributed by atoms with van der Waals surface area (Å²) in [6.45, 7) is 2.60. The number of benzene rings is 2. The highest BCUT2D eigenvalue weighted by atomic mass is 31.2. The van der Waals surface area contributed by atoms with Gasteiger partial charge in [0.05, 0.1) is 6.54 Å². The zero-order valence-corrected chi connectivity index (χ0v) is 10.6.